The van der Waals surface area contributed by atoms with Crippen LogP contribution < -0.4 is 0 Å². The minimum atomic E-state index is -0.549. The van der Waals surface area contributed by atoms with E-state index in [1.165, 1.54) is 6.42 Å². The van der Waals surface area contributed by atoms with Gasteiger partial charge in [0.15, 0.2) is 0 Å². The van der Waals surface area contributed by atoms with Gasteiger partial charge in [0.2, 0.25) is 0 Å². The predicted molar refractivity (Wildman–Crippen MR) is 60.9 cm³/mol. The van der Waals surface area contributed by atoms with Gasteiger partial charge in [-0.3, -0.25) is 0 Å². The lowest BCUT2D eigenvalue weighted by molar-refractivity contribution is -0.150. The third-order valence-corrected chi connectivity index (χ3v) is 3.39. The van der Waals surface area contributed by atoms with Gasteiger partial charge in [-0.05, 0) is 30.6 Å². The fourth-order valence-corrected chi connectivity index (χ4v) is 2.48. The van der Waals surface area contributed by atoms with Crippen molar-refractivity contribution in [3.63, 3.8) is 0 Å². The molecule has 90 valence electrons. The highest BCUT2D eigenvalue weighted by molar-refractivity contribution is 6.20. The van der Waals surface area contributed by atoms with Crippen molar-refractivity contribution in [3.8, 4) is 0 Å². The van der Waals surface area contributed by atoms with Gasteiger partial charge in [-0.2, -0.15) is 4.79 Å². The van der Waals surface area contributed by atoms with E-state index in [0.717, 1.165) is 19.1 Å². The molecule has 1 saturated carbocycles. The van der Waals surface area contributed by atoms with Gasteiger partial charge in [0.05, 0.1) is 0 Å². The second kappa shape index (κ2) is 5.80. The minimum Gasteiger partial charge on any atom is -0.454 e. The summed E-state index contributed by atoms with van der Waals surface area (Å²) in [5, 5.41) is 0. The van der Waals surface area contributed by atoms with Crippen molar-refractivity contribution in [1.29, 1.82) is 0 Å². The molecule has 16 heavy (non-hydrogen) atoms. The fourth-order valence-electron chi connectivity index (χ4n) is 2.48. The number of nitrogens with zero attached hydrogens (tertiary/aromatic N) is 2. The summed E-state index contributed by atoms with van der Waals surface area (Å²) in [5.41, 5.74) is 8.26. The Labute approximate surface area is 96.6 Å². The molecule has 0 aromatic rings. The summed E-state index contributed by atoms with van der Waals surface area (Å²) in [5.74, 6) is 0.981. The van der Waals surface area contributed by atoms with Crippen LogP contribution in [0.3, 0.4) is 0 Å². The number of carbonyl (C=O) groups is 1. The zero-order chi connectivity index (χ0) is 12.1. The third kappa shape index (κ3) is 3.46. The van der Waals surface area contributed by atoms with Crippen LogP contribution in [0.15, 0.2) is 0 Å². The number of hydrogen-bond donors (Lipinski definition) is 0. The monoisotopic (exact) mass is 224 g/mol. The van der Waals surface area contributed by atoms with Gasteiger partial charge in [0.1, 0.15) is 6.10 Å². The number of hydrogen-bond acceptors (Lipinski definition) is 2. The lowest BCUT2D eigenvalue weighted by atomic mass is 9.75. The van der Waals surface area contributed by atoms with Gasteiger partial charge < -0.3 is 10.3 Å². The summed E-state index contributed by atoms with van der Waals surface area (Å²) in [6.07, 6.45) is 4.00. The lowest BCUT2D eigenvalue weighted by Crippen LogP contribution is -2.36. The second-order valence-corrected chi connectivity index (χ2v) is 5.05. The van der Waals surface area contributed by atoms with Crippen LogP contribution in [0.4, 0.5) is 0 Å². The van der Waals surface area contributed by atoms with Crippen LogP contribution in [0.2, 0.25) is 0 Å². The largest absolute Gasteiger partial charge is 0.454 e. The molecule has 1 rings (SSSR count). The molecule has 1 aliphatic carbocycles. The van der Waals surface area contributed by atoms with E-state index in [1.807, 2.05) is 0 Å². The van der Waals surface area contributed by atoms with Crippen molar-refractivity contribution in [2.24, 2.45) is 17.8 Å². The van der Waals surface area contributed by atoms with Gasteiger partial charge in [0, 0.05) is 0 Å². The van der Waals surface area contributed by atoms with E-state index in [2.05, 4.69) is 25.6 Å². The number of ether oxygens (including phenoxy) is 1. The molecule has 3 atom stereocenters. The van der Waals surface area contributed by atoms with Gasteiger partial charge in [-0.25, -0.2) is 4.79 Å². The highest BCUT2D eigenvalue weighted by Gasteiger charge is 2.33. The first-order valence-corrected chi connectivity index (χ1v) is 5.92. The van der Waals surface area contributed by atoms with Crippen LogP contribution in [0, 0.1) is 17.8 Å². The van der Waals surface area contributed by atoms with Crippen molar-refractivity contribution < 1.29 is 14.3 Å². The molecule has 0 saturated heterocycles. The zero-order valence-corrected chi connectivity index (χ0v) is 10.2. The first kappa shape index (κ1) is 12.9. The molecule has 0 aromatic carbocycles. The number of esters is 1. The maximum atomic E-state index is 11.3. The van der Waals surface area contributed by atoms with Gasteiger partial charge >= 0.3 is 12.2 Å². The molecular weight excluding hydrogens is 204 g/mol. The highest BCUT2D eigenvalue weighted by atomic mass is 16.5. The molecule has 0 N–H and O–H groups in total. The Balaban J connectivity index is 2.64. The molecular formula is C12H20N2O2. The zero-order valence-electron chi connectivity index (χ0n) is 10.2. The van der Waals surface area contributed by atoms with E-state index in [4.69, 9.17) is 10.3 Å². The van der Waals surface area contributed by atoms with Gasteiger partial charge in [0.25, 0.3) is 0 Å². The maximum Gasteiger partial charge on any atom is 0.413 e. The maximum absolute atomic E-state index is 11.3. The van der Waals surface area contributed by atoms with Crippen LogP contribution >= 0.6 is 0 Å². The lowest BCUT2D eigenvalue weighted by Gasteiger charge is -2.36. The third-order valence-electron chi connectivity index (χ3n) is 3.39. The van der Waals surface area contributed by atoms with E-state index in [0.29, 0.717) is 17.8 Å². The highest BCUT2D eigenvalue weighted by Crippen LogP contribution is 2.35. The normalized spacial score (nSPS) is 29.6. The Bertz CT molecular complexity index is 295. The molecule has 4 nitrogen and oxygen atoms in total. The Morgan fingerprint density at radius 1 is 1.50 bits per heavy atom. The topological polar surface area (TPSA) is 62.7 Å². The molecule has 0 spiro atoms. The summed E-state index contributed by atoms with van der Waals surface area (Å²) in [7, 11) is 0. The average Bonchev–Trinajstić information content (AvgIpc) is 2.17. The molecule has 0 unspecified atom stereocenters. The van der Waals surface area contributed by atoms with Crippen LogP contribution in [0.5, 0.6) is 0 Å². The Morgan fingerprint density at radius 3 is 2.75 bits per heavy atom. The van der Waals surface area contributed by atoms with Crippen molar-refractivity contribution in [2.45, 2.75) is 46.1 Å². The first-order valence-electron chi connectivity index (χ1n) is 5.92. The smallest absolute Gasteiger partial charge is 0.413 e. The molecule has 1 aliphatic rings. The molecule has 0 radical (unpaired) electrons. The van der Waals surface area contributed by atoms with Crippen molar-refractivity contribution in [2.75, 3.05) is 0 Å². The molecule has 0 amide bonds. The molecule has 4 heteroatoms. The summed E-state index contributed by atoms with van der Waals surface area (Å²) < 4.78 is 5.33. The quantitative estimate of drug-likeness (QED) is 0.319. The van der Waals surface area contributed by atoms with Gasteiger partial charge in [-0.1, -0.05) is 27.2 Å². The second-order valence-electron chi connectivity index (χ2n) is 5.05. The van der Waals surface area contributed by atoms with Crippen molar-refractivity contribution >= 4 is 12.2 Å². The van der Waals surface area contributed by atoms with E-state index < -0.39 is 5.97 Å². The Hall–Kier alpha value is -1.15. The number of rotatable bonds is 3. The minimum absolute atomic E-state index is 0.0331. The molecule has 0 aliphatic heterocycles. The summed E-state index contributed by atoms with van der Waals surface area (Å²) >= 11 is 0. The first-order chi connectivity index (χ1) is 7.54. The van der Waals surface area contributed by atoms with E-state index in [9.17, 15) is 4.79 Å². The molecule has 0 bridgehead atoms. The van der Waals surface area contributed by atoms with Crippen LogP contribution in [-0.2, 0) is 9.53 Å². The summed E-state index contributed by atoms with van der Waals surface area (Å²) in [6.45, 7) is 6.49. The SMILES string of the molecule is CC(C)[C@@H]1CC[C@H](C)C[C@H]1OC(=O)C=[N+]=[N-]. The Morgan fingerprint density at radius 2 is 2.19 bits per heavy atom. The van der Waals surface area contributed by atoms with Crippen LogP contribution in [0.1, 0.15) is 40.0 Å². The predicted octanol–water partition coefficient (Wildman–Crippen LogP) is 2.29. The van der Waals surface area contributed by atoms with E-state index in [-0.39, 0.29) is 6.10 Å². The van der Waals surface area contributed by atoms with Gasteiger partial charge in [-0.15, -0.1) is 0 Å². The molecule has 0 heterocycles. The molecule has 1 fully saturated rings. The van der Waals surface area contributed by atoms with Crippen LogP contribution in [-0.4, -0.2) is 23.1 Å². The fraction of sp³-hybridized carbons (Fsp3) is 0.833. The average molecular weight is 224 g/mol. The molecule has 0 aromatic heterocycles. The standard InChI is InChI=1S/C12H20N2O2/c1-8(2)10-5-4-9(3)6-11(10)16-12(15)7-14-13/h7-11H,4-6H2,1-3H3/t9-,10-,11+/m0/s1. The van der Waals surface area contributed by atoms with E-state index >= 15 is 0 Å². The van der Waals surface area contributed by atoms with Crippen molar-refractivity contribution in [3.05, 3.63) is 5.53 Å². The Kier molecular flexibility index (Phi) is 4.69. The van der Waals surface area contributed by atoms with E-state index in [1.54, 1.807) is 0 Å². The van der Waals surface area contributed by atoms with Crippen LogP contribution in [0.25, 0.3) is 5.53 Å². The van der Waals surface area contributed by atoms with Crippen molar-refractivity contribution in [1.82, 2.24) is 0 Å². The number of carbonyl (C=O) groups excluding carboxylic acids is 1. The summed E-state index contributed by atoms with van der Waals surface area (Å²) in [6, 6.07) is 0. The summed E-state index contributed by atoms with van der Waals surface area (Å²) in [4.78, 5) is 13.9.